The van der Waals surface area contributed by atoms with E-state index in [1.807, 2.05) is 19.0 Å². The molecule has 0 atom stereocenters. The summed E-state index contributed by atoms with van der Waals surface area (Å²) in [4.78, 5) is 24.7. The minimum Gasteiger partial charge on any atom is -0.348 e. The van der Waals surface area contributed by atoms with Gasteiger partial charge in [0.25, 0.3) is 0 Å². The van der Waals surface area contributed by atoms with Gasteiger partial charge in [-0.25, -0.2) is 4.79 Å². The van der Waals surface area contributed by atoms with Crippen molar-refractivity contribution < 1.29 is 14.3 Å². The van der Waals surface area contributed by atoms with Crippen LogP contribution in [0, 0.1) is 4.91 Å². The summed E-state index contributed by atoms with van der Waals surface area (Å²) in [7, 11) is 3.75. The van der Waals surface area contributed by atoms with E-state index in [0.717, 1.165) is 5.01 Å². The van der Waals surface area contributed by atoms with Crippen LogP contribution in [0.2, 0.25) is 0 Å². The van der Waals surface area contributed by atoms with E-state index in [1.165, 1.54) is 0 Å². The predicted molar refractivity (Wildman–Crippen MR) is 79.0 cm³/mol. The van der Waals surface area contributed by atoms with Crippen molar-refractivity contribution in [3.63, 3.8) is 0 Å². The van der Waals surface area contributed by atoms with Gasteiger partial charge in [-0.05, 0) is 27.9 Å². The van der Waals surface area contributed by atoms with Gasteiger partial charge >= 0.3 is 6.03 Å². The first-order chi connectivity index (χ1) is 9.73. The highest BCUT2D eigenvalue weighted by atomic mass is 35.5. The highest BCUT2D eigenvalue weighted by molar-refractivity contribution is 6.18. The van der Waals surface area contributed by atoms with Crippen LogP contribution >= 0.6 is 11.6 Å². The van der Waals surface area contributed by atoms with Crippen LogP contribution < -0.4 is 5.32 Å². The Hall–Kier alpha value is -0.960. The average molecular weight is 323 g/mol. The summed E-state index contributed by atoms with van der Waals surface area (Å²) in [6, 6.07) is -0.612. The second-order valence-electron chi connectivity index (χ2n) is 5.82. The molecule has 0 aromatic carbocycles. The first-order valence-corrected chi connectivity index (χ1v) is 7.19. The molecule has 0 unspecified atom stereocenters. The standard InChI is InChI=1S/C12H23ClN4O4/c1-11(2)20-8-12(9-21-11,7-16(3)4)14-10(18)17(15-19)6-5-13/h5-9H2,1-4H3,(H,14,18). The molecule has 1 aliphatic rings. The topological polar surface area (TPSA) is 83.5 Å². The van der Waals surface area contributed by atoms with Crippen molar-refractivity contribution in [1.29, 1.82) is 0 Å². The number of nitroso groups, excluding NO2 is 1. The molecule has 0 bridgehead atoms. The fourth-order valence-electron chi connectivity index (χ4n) is 2.07. The summed E-state index contributed by atoms with van der Waals surface area (Å²) >= 11 is 5.54. The van der Waals surface area contributed by atoms with Crippen LogP contribution in [0.4, 0.5) is 4.79 Å². The maximum atomic E-state index is 12.1. The Morgan fingerprint density at radius 1 is 1.33 bits per heavy atom. The maximum absolute atomic E-state index is 12.1. The molecule has 1 rings (SSSR count). The Morgan fingerprint density at radius 3 is 2.33 bits per heavy atom. The largest absolute Gasteiger partial charge is 0.348 e. The van der Waals surface area contributed by atoms with Gasteiger partial charge in [0.05, 0.1) is 25.0 Å². The lowest BCUT2D eigenvalue weighted by atomic mass is 10.00. The lowest BCUT2D eigenvalue weighted by Gasteiger charge is -2.45. The summed E-state index contributed by atoms with van der Waals surface area (Å²) in [5.41, 5.74) is -0.745. The monoisotopic (exact) mass is 322 g/mol. The van der Waals surface area contributed by atoms with Crippen LogP contribution in [0.1, 0.15) is 13.8 Å². The number of rotatable bonds is 6. The van der Waals surface area contributed by atoms with Crippen molar-refractivity contribution in [3.05, 3.63) is 4.91 Å². The predicted octanol–water partition coefficient (Wildman–Crippen LogP) is 1.00. The molecule has 0 saturated carbocycles. The molecule has 1 heterocycles. The molecule has 1 fully saturated rings. The lowest BCUT2D eigenvalue weighted by molar-refractivity contribution is -0.271. The first kappa shape index (κ1) is 18.1. The fraction of sp³-hybridized carbons (Fsp3) is 0.917. The van der Waals surface area contributed by atoms with E-state index in [4.69, 9.17) is 21.1 Å². The molecule has 2 amide bonds. The third-order valence-corrected chi connectivity index (χ3v) is 3.18. The summed E-state index contributed by atoms with van der Waals surface area (Å²) in [6.45, 7) is 4.71. The molecule has 21 heavy (non-hydrogen) atoms. The van der Waals surface area contributed by atoms with Gasteiger partial charge < -0.3 is 19.7 Å². The number of carbonyl (C=O) groups excluding carboxylic acids is 1. The van der Waals surface area contributed by atoms with E-state index in [1.54, 1.807) is 13.8 Å². The van der Waals surface area contributed by atoms with E-state index >= 15 is 0 Å². The highest BCUT2D eigenvalue weighted by Gasteiger charge is 2.42. The number of alkyl halides is 1. The van der Waals surface area contributed by atoms with Gasteiger partial charge in [-0.3, -0.25) is 0 Å². The summed E-state index contributed by atoms with van der Waals surface area (Å²) in [6.07, 6.45) is 0. The number of hydrogen-bond acceptors (Lipinski definition) is 6. The second-order valence-corrected chi connectivity index (χ2v) is 6.20. The van der Waals surface area contributed by atoms with Crippen LogP contribution in [-0.4, -0.2) is 73.5 Å². The van der Waals surface area contributed by atoms with Gasteiger partial charge in [0.15, 0.2) is 5.79 Å². The Kier molecular flexibility index (Phi) is 6.33. The third-order valence-electron chi connectivity index (χ3n) is 3.01. The minimum atomic E-state index is -0.745. The Balaban J connectivity index is 2.79. The van der Waals surface area contributed by atoms with Crippen molar-refractivity contribution in [2.24, 2.45) is 5.29 Å². The fourth-order valence-corrected chi connectivity index (χ4v) is 2.23. The summed E-state index contributed by atoms with van der Waals surface area (Å²) in [5.74, 6) is -0.570. The lowest BCUT2D eigenvalue weighted by Crippen LogP contribution is -2.66. The Labute approximate surface area is 129 Å². The Bertz CT molecular complexity index is 368. The molecule has 8 nitrogen and oxygen atoms in total. The van der Waals surface area contributed by atoms with Crippen molar-refractivity contribution in [2.45, 2.75) is 25.2 Å². The number of ether oxygens (including phenoxy) is 2. The molecular weight excluding hydrogens is 300 g/mol. The van der Waals surface area contributed by atoms with E-state index in [9.17, 15) is 9.70 Å². The smallest absolute Gasteiger partial charge is 0.341 e. The number of likely N-dealkylation sites (N-methyl/N-ethyl adjacent to an activating group) is 1. The number of nitrogens with zero attached hydrogens (tertiary/aromatic N) is 3. The number of nitrogens with one attached hydrogen (secondary N) is 1. The molecule has 0 aromatic rings. The molecular formula is C12H23ClN4O4. The van der Waals surface area contributed by atoms with Crippen molar-refractivity contribution in [3.8, 4) is 0 Å². The molecule has 1 saturated heterocycles. The molecule has 0 aromatic heterocycles. The first-order valence-electron chi connectivity index (χ1n) is 6.65. The quantitative estimate of drug-likeness (QED) is 0.448. The van der Waals surface area contributed by atoms with Crippen LogP contribution in [0.5, 0.6) is 0 Å². The molecule has 0 aliphatic carbocycles. The van der Waals surface area contributed by atoms with Gasteiger partial charge in [0, 0.05) is 12.4 Å². The number of carbonyl (C=O) groups is 1. The molecule has 0 radical (unpaired) electrons. The number of amides is 2. The van der Waals surface area contributed by atoms with Crippen molar-refractivity contribution in [2.75, 3.05) is 46.3 Å². The van der Waals surface area contributed by atoms with Crippen LogP contribution in [0.15, 0.2) is 5.29 Å². The van der Waals surface area contributed by atoms with E-state index < -0.39 is 17.4 Å². The zero-order chi connectivity index (χ0) is 16.1. The number of urea groups is 1. The number of halogens is 1. The summed E-state index contributed by atoms with van der Waals surface area (Å²) in [5, 5.41) is 6.21. The molecule has 122 valence electrons. The third kappa shape index (κ3) is 5.39. The van der Waals surface area contributed by atoms with Crippen molar-refractivity contribution in [1.82, 2.24) is 15.2 Å². The van der Waals surface area contributed by atoms with Gasteiger partial charge in [0.1, 0.15) is 5.54 Å². The molecule has 0 spiro atoms. The summed E-state index contributed by atoms with van der Waals surface area (Å²) < 4.78 is 11.3. The van der Waals surface area contributed by atoms with Gasteiger partial charge in [-0.1, -0.05) is 0 Å². The van der Waals surface area contributed by atoms with Crippen molar-refractivity contribution >= 4 is 17.6 Å². The number of hydrogen-bond donors (Lipinski definition) is 1. The molecule has 1 N–H and O–H groups in total. The zero-order valence-electron chi connectivity index (χ0n) is 12.9. The van der Waals surface area contributed by atoms with E-state index in [-0.39, 0.29) is 25.6 Å². The SMILES string of the molecule is CN(C)CC1(NC(=O)N(CCCl)N=O)COC(C)(C)OC1. The zero-order valence-corrected chi connectivity index (χ0v) is 13.6. The van der Waals surface area contributed by atoms with Gasteiger partial charge in [-0.15, -0.1) is 16.5 Å². The molecule has 9 heteroatoms. The van der Waals surface area contributed by atoms with E-state index in [2.05, 4.69) is 10.6 Å². The maximum Gasteiger partial charge on any atom is 0.341 e. The normalized spacial score (nSPS) is 20.1. The van der Waals surface area contributed by atoms with Gasteiger partial charge in [0.2, 0.25) is 0 Å². The van der Waals surface area contributed by atoms with Crippen LogP contribution in [0.25, 0.3) is 0 Å². The van der Waals surface area contributed by atoms with Gasteiger partial charge in [-0.2, -0.15) is 5.01 Å². The highest BCUT2D eigenvalue weighted by Crippen LogP contribution is 2.24. The molecule has 1 aliphatic heterocycles. The van der Waals surface area contributed by atoms with E-state index in [0.29, 0.717) is 6.54 Å². The van der Waals surface area contributed by atoms with Crippen LogP contribution in [0.3, 0.4) is 0 Å². The minimum absolute atomic E-state index is 0.0438. The van der Waals surface area contributed by atoms with Crippen LogP contribution in [-0.2, 0) is 9.47 Å². The Morgan fingerprint density at radius 2 is 1.90 bits per heavy atom. The second kappa shape index (κ2) is 7.35. The average Bonchev–Trinajstić information content (AvgIpc) is 2.39.